The highest BCUT2D eigenvalue weighted by Gasteiger charge is 2.23. The summed E-state index contributed by atoms with van der Waals surface area (Å²) in [6.07, 6.45) is 5.15. The molecule has 1 fully saturated rings. The molecule has 0 aromatic carbocycles. The highest BCUT2D eigenvalue weighted by atomic mass is 35.5. The molecule has 0 radical (unpaired) electrons. The van der Waals surface area contributed by atoms with Gasteiger partial charge in [0.05, 0.1) is 0 Å². The van der Waals surface area contributed by atoms with Crippen LogP contribution in [0.5, 0.6) is 0 Å². The lowest BCUT2D eigenvalue weighted by molar-refractivity contribution is 0.234. The summed E-state index contributed by atoms with van der Waals surface area (Å²) < 4.78 is 0. The van der Waals surface area contributed by atoms with E-state index in [2.05, 4.69) is 21.7 Å². The van der Waals surface area contributed by atoms with Crippen molar-refractivity contribution in [3.63, 3.8) is 0 Å². The van der Waals surface area contributed by atoms with Crippen LogP contribution in [0.4, 0.5) is 0 Å². The van der Waals surface area contributed by atoms with E-state index in [4.69, 9.17) is 11.6 Å². The van der Waals surface area contributed by atoms with E-state index in [1.807, 2.05) is 0 Å². The third-order valence-electron chi connectivity index (χ3n) is 3.14. The Balaban J connectivity index is 1.85. The number of thiophene rings is 1. The lowest BCUT2D eigenvalue weighted by Crippen LogP contribution is -2.28. The number of hydrogen-bond donors (Lipinski definition) is 0. The van der Waals surface area contributed by atoms with Crippen LogP contribution in [0.3, 0.4) is 0 Å². The molecule has 1 aromatic rings. The predicted molar refractivity (Wildman–Crippen MR) is 67.7 cm³/mol. The highest BCUT2D eigenvalue weighted by molar-refractivity contribution is 7.07. The molecule has 1 unspecified atom stereocenters. The summed E-state index contributed by atoms with van der Waals surface area (Å²) in [7, 11) is 0. The lowest BCUT2D eigenvalue weighted by atomic mass is 10.1. The van der Waals surface area contributed by atoms with Gasteiger partial charge in [-0.3, -0.25) is 4.90 Å². The maximum Gasteiger partial charge on any atom is 0.0244 e. The van der Waals surface area contributed by atoms with Crippen molar-refractivity contribution in [2.45, 2.75) is 38.3 Å². The van der Waals surface area contributed by atoms with E-state index in [0.717, 1.165) is 24.9 Å². The van der Waals surface area contributed by atoms with Crippen molar-refractivity contribution in [1.82, 2.24) is 4.90 Å². The van der Waals surface area contributed by atoms with Gasteiger partial charge in [-0.25, -0.2) is 0 Å². The topological polar surface area (TPSA) is 3.24 Å². The highest BCUT2D eigenvalue weighted by Crippen LogP contribution is 2.24. The number of hydrogen-bond acceptors (Lipinski definition) is 2. The van der Waals surface area contributed by atoms with E-state index in [-0.39, 0.29) is 0 Å². The van der Waals surface area contributed by atoms with Crippen molar-refractivity contribution in [3.05, 3.63) is 22.4 Å². The van der Waals surface area contributed by atoms with Gasteiger partial charge in [-0.2, -0.15) is 11.3 Å². The first-order valence-electron chi connectivity index (χ1n) is 5.71. The molecule has 84 valence electrons. The van der Waals surface area contributed by atoms with Gasteiger partial charge in [-0.1, -0.05) is 0 Å². The normalized spacial score (nSPS) is 22.3. The van der Waals surface area contributed by atoms with Crippen LogP contribution in [-0.2, 0) is 6.54 Å². The van der Waals surface area contributed by atoms with Crippen molar-refractivity contribution < 1.29 is 0 Å². The average molecular weight is 244 g/mol. The molecule has 1 aliphatic rings. The third kappa shape index (κ3) is 3.20. The molecule has 1 aliphatic heterocycles. The summed E-state index contributed by atoms with van der Waals surface area (Å²) >= 11 is 7.55. The van der Waals surface area contributed by atoms with Crippen LogP contribution in [0.1, 0.15) is 31.2 Å². The van der Waals surface area contributed by atoms with Crippen molar-refractivity contribution in [3.8, 4) is 0 Å². The maximum atomic E-state index is 5.75. The summed E-state index contributed by atoms with van der Waals surface area (Å²) in [4.78, 5) is 2.62. The molecule has 2 heterocycles. The Kier molecular flexibility index (Phi) is 4.48. The quantitative estimate of drug-likeness (QED) is 0.713. The zero-order valence-electron chi connectivity index (χ0n) is 8.99. The average Bonchev–Trinajstić information content (AvgIpc) is 2.87. The summed E-state index contributed by atoms with van der Waals surface area (Å²) in [5.74, 6) is 0.808. The summed E-state index contributed by atoms with van der Waals surface area (Å²) in [6.45, 7) is 2.40. The zero-order chi connectivity index (χ0) is 10.5. The number of halogens is 1. The summed E-state index contributed by atoms with van der Waals surface area (Å²) in [5.41, 5.74) is 1.47. The minimum atomic E-state index is 0.781. The van der Waals surface area contributed by atoms with Gasteiger partial charge in [-0.15, -0.1) is 11.6 Å². The van der Waals surface area contributed by atoms with E-state index in [0.29, 0.717) is 0 Å². The monoisotopic (exact) mass is 243 g/mol. The van der Waals surface area contributed by atoms with E-state index < -0.39 is 0 Å². The Morgan fingerprint density at radius 2 is 2.47 bits per heavy atom. The summed E-state index contributed by atoms with van der Waals surface area (Å²) in [5, 5.41) is 4.43. The second-order valence-electron chi connectivity index (χ2n) is 4.23. The molecular weight excluding hydrogens is 226 g/mol. The van der Waals surface area contributed by atoms with Gasteiger partial charge in [0.15, 0.2) is 0 Å². The van der Waals surface area contributed by atoms with Gasteiger partial charge in [0.25, 0.3) is 0 Å². The molecule has 1 aromatic heterocycles. The molecule has 0 aliphatic carbocycles. The SMILES string of the molecule is ClCCCC1CCCN1Cc1ccsc1. The number of rotatable bonds is 5. The smallest absolute Gasteiger partial charge is 0.0244 e. The molecule has 2 rings (SSSR count). The van der Waals surface area contributed by atoms with Gasteiger partial charge >= 0.3 is 0 Å². The van der Waals surface area contributed by atoms with Gasteiger partial charge in [0.1, 0.15) is 0 Å². The fourth-order valence-corrected chi connectivity index (χ4v) is 3.17. The second kappa shape index (κ2) is 5.88. The van der Waals surface area contributed by atoms with Crippen LogP contribution in [0, 0.1) is 0 Å². The molecule has 0 spiro atoms. The molecule has 1 saturated heterocycles. The molecule has 0 N–H and O–H groups in total. The van der Waals surface area contributed by atoms with Gasteiger partial charge in [-0.05, 0) is 54.6 Å². The molecule has 1 atom stereocenters. The van der Waals surface area contributed by atoms with Crippen LogP contribution in [0.15, 0.2) is 16.8 Å². The van der Waals surface area contributed by atoms with Crippen LogP contribution in [0.25, 0.3) is 0 Å². The Hall–Kier alpha value is -0.0500. The molecule has 1 nitrogen and oxygen atoms in total. The van der Waals surface area contributed by atoms with Crippen molar-refractivity contribution in [2.24, 2.45) is 0 Å². The largest absolute Gasteiger partial charge is 0.296 e. The van der Waals surface area contributed by atoms with Crippen molar-refractivity contribution >= 4 is 22.9 Å². The van der Waals surface area contributed by atoms with Crippen LogP contribution in [-0.4, -0.2) is 23.4 Å². The molecule has 3 heteroatoms. The first kappa shape index (κ1) is 11.4. The number of likely N-dealkylation sites (tertiary alicyclic amines) is 1. The minimum Gasteiger partial charge on any atom is -0.296 e. The Morgan fingerprint density at radius 1 is 1.53 bits per heavy atom. The second-order valence-corrected chi connectivity index (χ2v) is 5.39. The van der Waals surface area contributed by atoms with Crippen molar-refractivity contribution in [2.75, 3.05) is 12.4 Å². The molecular formula is C12H18ClNS. The van der Waals surface area contributed by atoms with Gasteiger partial charge in [0.2, 0.25) is 0 Å². The molecule has 0 amide bonds. The standard InChI is InChI=1S/C12H18ClNS/c13-6-1-3-12-4-2-7-14(12)9-11-5-8-15-10-11/h5,8,10,12H,1-4,6-7,9H2. The van der Waals surface area contributed by atoms with E-state index in [1.54, 1.807) is 11.3 Å². The summed E-state index contributed by atoms with van der Waals surface area (Å²) in [6, 6.07) is 3.02. The Morgan fingerprint density at radius 3 is 3.20 bits per heavy atom. The van der Waals surface area contributed by atoms with Crippen LogP contribution < -0.4 is 0 Å². The zero-order valence-corrected chi connectivity index (χ0v) is 10.6. The predicted octanol–water partition coefficient (Wildman–Crippen LogP) is 3.73. The van der Waals surface area contributed by atoms with E-state index >= 15 is 0 Å². The molecule has 0 saturated carbocycles. The Labute approximate surface area is 101 Å². The fourth-order valence-electron chi connectivity index (χ4n) is 2.36. The van der Waals surface area contributed by atoms with Crippen molar-refractivity contribution in [1.29, 1.82) is 0 Å². The lowest BCUT2D eigenvalue weighted by Gasteiger charge is -2.23. The number of nitrogens with zero attached hydrogens (tertiary/aromatic N) is 1. The first-order chi connectivity index (χ1) is 7.40. The minimum absolute atomic E-state index is 0.781. The van der Waals surface area contributed by atoms with Gasteiger partial charge in [0, 0.05) is 18.5 Å². The van der Waals surface area contributed by atoms with E-state index in [9.17, 15) is 0 Å². The fraction of sp³-hybridized carbons (Fsp3) is 0.667. The molecule has 0 bridgehead atoms. The van der Waals surface area contributed by atoms with E-state index in [1.165, 1.54) is 31.4 Å². The maximum absolute atomic E-state index is 5.75. The number of alkyl halides is 1. The molecule has 15 heavy (non-hydrogen) atoms. The first-order valence-corrected chi connectivity index (χ1v) is 7.19. The van der Waals surface area contributed by atoms with Gasteiger partial charge < -0.3 is 0 Å². The Bertz CT molecular complexity index is 273. The van der Waals surface area contributed by atoms with Crippen LogP contribution in [0.2, 0.25) is 0 Å². The third-order valence-corrected chi connectivity index (χ3v) is 4.14. The van der Waals surface area contributed by atoms with Crippen LogP contribution >= 0.6 is 22.9 Å².